The summed E-state index contributed by atoms with van der Waals surface area (Å²) < 4.78 is 2.02. The summed E-state index contributed by atoms with van der Waals surface area (Å²) in [4.78, 5) is 22.9. The van der Waals surface area contributed by atoms with Crippen LogP contribution in [0.5, 0.6) is 0 Å². The number of rotatable bonds is 2. The first-order valence-electron chi connectivity index (χ1n) is 5.81. The molecule has 0 spiro atoms. The molecule has 2 aromatic heterocycles. The predicted molar refractivity (Wildman–Crippen MR) is 65.2 cm³/mol. The molecule has 5 nitrogen and oxygen atoms in total. The van der Waals surface area contributed by atoms with Crippen molar-refractivity contribution < 1.29 is 0 Å². The molecule has 1 aliphatic carbocycles. The molecule has 6 heteroatoms. The van der Waals surface area contributed by atoms with Crippen molar-refractivity contribution >= 4 is 22.8 Å². The largest absolute Gasteiger partial charge is 0.312 e. The summed E-state index contributed by atoms with van der Waals surface area (Å²) in [5.41, 5.74) is 0.865. The lowest BCUT2D eigenvalue weighted by molar-refractivity contribution is 0.528. The van der Waals surface area contributed by atoms with Gasteiger partial charge in [-0.2, -0.15) is 0 Å². The number of nitrogens with zero attached hydrogens (tertiary/aromatic N) is 3. The molecular formula is C11H13ClN4O. The van der Waals surface area contributed by atoms with Gasteiger partial charge in [0.25, 0.3) is 5.56 Å². The summed E-state index contributed by atoms with van der Waals surface area (Å²) in [6, 6.07) is 0.428. The zero-order valence-corrected chi connectivity index (χ0v) is 10.1. The van der Waals surface area contributed by atoms with Crippen LogP contribution < -0.4 is 5.56 Å². The number of aromatic amines is 1. The van der Waals surface area contributed by atoms with Crippen molar-refractivity contribution in [3.05, 3.63) is 22.5 Å². The van der Waals surface area contributed by atoms with E-state index in [2.05, 4.69) is 15.0 Å². The maximum Gasteiger partial charge on any atom is 0.279 e. The monoisotopic (exact) mass is 252 g/mol. The van der Waals surface area contributed by atoms with Crippen LogP contribution in [0.3, 0.4) is 0 Å². The summed E-state index contributed by atoms with van der Waals surface area (Å²) in [5.74, 6) is 0.713. The van der Waals surface area contributed by atoms with E-state index in [4.69, 9.17) is 11.6 Å². The molecule has 0 radical (unpaired) electrons. The molecule has 1 aliphatic rings. The number of hydrogen-bond donors (Lipinski definition) is 1. The maximum atomic E-state index is 11.8. The summed E-state index contributed by atoms with van der Waals surface area (Å²) in [7, 11) is 0. The molecule has 0 unspecified atom stereocenters. The highest BCUT2D eigenvalue weighted by molar-refractivity contribution is 6.16. The molecule has 0 bridgehead atoms. The Bertz CT molecular complexity index is 597. The van der Waals surface area contributed by atoms with Crippen molar-refractivity contribution in [2.75, 3.05) is 0 Å². The average molecular weight is 253 g/mol. The zero-order chi connectivity index (χ0) is 11.8. The molecule has 1 N–H and O–H groups in total. The van der Waals surface area contributed by atoms with Crippen molar-refractivity contribution in [3.63, 3.8) is 0 Å². The third-order valence-electron chi connectivity index (χ3n) is 3.33. The van der Waals surface area contributed by atoms with Gasteiger partial charge in [-0.25, -0.2) is 9.97 Å². The number of alkyl halides is 1. The third-order valence-corrected chi connectivity index (χ3v) is 3.58. The van der Waals surface area contributed by atoms with Crippen LogP contribution in [0, 0.1) is 0 Å². The standard InChI is InChI=1S/C11H13ClN4O/c12-5-8-14-10-9(11(17)15-8)13-6-16(10)7-3-1-2-4-7/h6-7H,1-5H2,(H,14,15,17). The lowest BCUT2D eigenvalue weighted by Crippen LogP contribution is -2.13. The van der Waals surface area contributed by atoms with Crippen LogP contribution in [-0.4, -0.2) is 19.5 Å². The minimum absolute atomic E-state index is 0.206. The van der Waals surface area contributed by atoms with Crippen LogP contribution >= 0.6 is 11.6 Å². The van der Waals surface area contributed by atoms with Crippen molar-refractivity contribution in [1.82, 2.24) is 19.5 Å². The lowest BCUT2D eigenvalue weighted by atomic mass is 10.2. The van der Waals surface area contributed by atoms with E-state index in [1.165, 1.54) is 12.8 Å². The van der Waals surface area contributed by atoms with Crippen LogP contribution in [0.25, 0.3) is 11.2 Å². The Kier molecular flexibility index (Phi) is 2.63. The highest BCUT2D eigenvalue weighted by Crippen LogP contribution is 2.30. The van der Waals surface area contributed by atoms with E-state index in [0.29, 0.717) is 23.0 Å². The molecule has 0 aliphatic heterocycles. The van der Waals surface area contributed by atoms with Crippen molar-refractivity contribution in [3.8, 4) is 0 Å². The quantitative estimate of drug-likeness (QED) is 0.832. The Labute approximate surface area is 103 Å². The smallest absolute Gasteiger partial charge is 0.279 e. The van der Waals surface area contributed by atoms with Gasteiger partial charge in [0, 0.05) is 6.04 Å². The van der Waals surface area contributed by atoms with Crippen LogP contribution in [0.15, 0.2) is 11.1 Å². The Morgan fingerprint density at radius 3 is 2.94 bits per heavy atom. The second kappa shape index (κ2) is 4.14. The Hall–Kier alpha value is -1.36. The summed E-state index contributed by atoms with van der Waals surface area (Å²) >= 11 is 5.72. The fraction of sp³-hybridized carbons (Fsp3) is 0.545. The maximum absolute atomic E-state index is 11.8. The number of nitrogens with one attached hydrogen (secondary N) is 1. The van der Waals surface area contributed by atoms with Crippen molar-refractivity contribution in [2.45, 2.75) is 37.6 Å². The number of aromatic nitrogens is 4. The number of H-pyrrole nitrogens is 1. The summed E-state index contributed by atoms with van der Waals surface area (Å²) in [6.45, 7) is 0. The molecule has 1 fully saturated rings. The minimum Gasteiger partial charge on any atom is -0.312 e. The van der Waals surface area contributed by atoms with E-state index in [1.54, 1.807) is 6.33 Å². The van der Waals surface area contributed by atoms with E-state index in [9.17, 15) is 4.79 Å². The Morgan fingerprint density at radius 2 is 2.24 bits per heavy atom. The molecule has 90 valence electrons. The van der Waals surface area contributed by atoms with Crippen LogP contribution in [-0.2, 0) is 5.88 Å². The van der Waals surface area contributed by atoms with Gasteiger partial charge < -0.3 is 9.55 Å². The van der Waals surface area contributed by atoms with Gasteiger partial charge in [-0.3, -0.25) is 4.79 Å². The second-order valence-corrected chi connectivity index (χ2v) is 4.68. The van der Waals surface area contributed by atoms with E-state index in [1.807, 2.05) is 4.57 Å². The topological polar surface area (TPSA) is 63.6 Å². The van der Waals surface area contributed by atoms with E-state index < -0.39 is 0 Å². The Morgan fingerprint density at radius 1 is 1.47 bits per heavy atom. The van der Waals surface area contributed by atoms with Gasteiger partial charge in [0.05, 0.1) is 12.2 Å². The normalized spacial score (nSPS) is 17.0. The van der Waals surface area contributed by atoms with Gasteiger partial charge in [-0.05, 0) is 12.8 Å². The lowest BCUT2D eigenvalue weighted by Gasteiger charge is -2.11. The number of halogens is 1. The SMILES string of the molecule is O=c1[nH]c(CCl)nc2c1ncn2C1CCCC1. The fourth-order valence-electron chi connectivity index (χ4n) is 2.48. The van der Waals surface area contributed by atoms with E-state index in [0.717, 1.165) is 12.8 Å². The molecule has 0 atom stereocenters. The van der Waals surface area contributed by atoms with E-state index in [-0.39, 0.29) is 11.4 Å². The average Bonchev–Trinajstić information content (AvgIpc) is 2.96. The Balaban J connectivity index is 2.19. The van der Waals surface area contributed by atoms with Crippen LogP contribution in [0.2, 0.25) is 0 Å². The molecular weight excluding hydrogens is 240 g/mol. The van der Waals surface area contributed by atoms with Gasteiger partial charge in [0.2, 0.25) is 0 Å². The zero-order valence-electron chi connectivity index (χ0n) is 9.32. The number of hydrogen-bond acceptors (Lipinski definition) is 3. The summed E-state index contributed by atoms with van der Waals surface area (Å²) in [5, 5.41) is 0. The van der Waals surface area contributed by atoms with Crippen LogP contribution in [0.4, 0.5) is 0 Å². The van der Waals surface area contributed by atoms with E-state index >= 15 is 0 Å². The molecule has 2 aromatic rings. The first kappa shape index (κ1) is 10.8. The molecule has 1 saturated carbocycles. The van der Waals surface area contributed by atoms with Crippen LogP contribution in [0.1, 0.15) is 37.5 Å². The fourth-order valence-corrected chi connectivity index (χ4v) is 2.61. The molecule has 3 rings (SSSR count). The summed E-state index contributed by atoms with van der Waals surface area (Å²) in [6.07, 6.45) is 6.46. The van der Waals surface area contributed by atoms with Crippen molar-refractivity contribution in [2.24, 2.45) is 0 Å². The number of imidazole rings is 1. The van der Waals surface area contributed by atoms with Gasteiger partial charge >= 0.3 is 0 Å². The van der Waals surface area contributed by atoms with Gasteiger partial charge in [-0.1, -0.05) is 12.8 Å². The number of fused-ring (bicyclic) bond motifs is 1. The highest BCUT2D eigenvalue weighted by Gasteiger charge is 2.20. The molecule has 0 saturated heterocycles. The second-order valence-electron chi connectivity index (χ2n) is 4.41. The first-order valence-corrected chi connectivity index (χ1v) is 6.34. The predicted octanol–water partition coefficient (Wildman–Crippen LogP) is 1.97. The van der Waals surface area contributed by atoms with Gasteiger partial charge in [0.1, 0.15) is 5.82 Å². The first-order chi connectivity index (χ1) is 8.29. The molecule has 0 aromatic carbocycles. The molecule has 0 amide bonds. The third kappa shape index (κ3) is 1.74. The highest BCUT2D eigenvalue weighted by atomic mass is 35.5. The van der Waals surface area contributed by atoms with Gasteiger partial charge in [-0.15, -0.1) is 11.6 Å². The molecule has 2 heterocycles. The molecule has 17 heavy (non-hydrogen) atoms. The minimum atomic E-state index is -0.206. The van der Waals surface area contributed by atoms with Crippen molar-refractivity contribution in [1.29, 1.82) is 0 Å². The van der Waals surface area contributed by atoms with Gasteiger partial charge in [0.15, 0.2) is 11.2 Å².